The Kier molecular flexibility index (Phi) is 3.69. The van der Waals surface area contributed by atoms with Crippen molar-refractivity contribution in [3.8, 4) is 0 Å². The molecule has 0 N–H and O–H groups in total. The van der Waals surface area contributed by atoms with Crippen LogP contribution in [0.15, 0.2) is 20.1 Å². The molecular formula is C11H16BrNO2S2. The monoisotopic (exact) mass is 337 g/mol. The smallest absolute Gasteiger partial charge is 0.206 e. The average Bonchev–Trinajstić information content (AvgIpc) is 2.64. The van der Waals surface area contributed by atoms with Gasteiger partial charge in [-0.05, 0) is 46.3 Å². The highest BCUT2D eigenvalue weighted by atomic mass is 79.9. The van der Waals surface area contributed by atoms with Crippen molar-refractivity contribution in [2.24, 2.45) is 5.41 Å². The summed E-state index contributed by atoms with van der Waals surface area (Å²) >= 11 is 4.58. The Morgan fingerprint density at radius 3 is 2.65 bits per heavy atom. The molecule has 96 valence electrons. The summed E-state index contributed by atoms with van der Waals surface area (Å²) in [7, 11) is -3.29. The first kappa shape index (κ1) is 13.5. The maximum Gasteiger partial charge on any atom is 0.252 e. The van der Waals surface area contributed by atoms with E-state index >= 15 is 0 Å². The van der Waals surface area contributed by atoms with E-state index < -0.39 is 10.0 Å². The van der Waals surface area contributed by atoms with Gasteiger partial charge in [-0.25, -0.2) is 8.42 Å². The van der Waals surface area contributed by atoms with Crippen LogP contribution >= 0.6 is 27.3 Å². The maximum absolute atomic E-state index is 12.4. The van der Waals surface area contributed by atoms with Crippen molar-refractivity contribution in [3.05, 3.63) is 15.9 Å². The van der Waals surface area contributed by atoms with E-state index in [1.54, 1.807) is 16.4 Å². The highest BCUT2D eigenvalue weighted by Gasteiger charge is 2.34. The topological polar surface area (TPSA) is 37.4 Å². The van der Waals surface area contributed by atoms with Crippen molar-refractivity contribution in [1.82, 2.24) is 4.31 Å². The number of hydrogen-bond acceptors (Lipinski definition) is 3. The fraction of sp³-hybridized carbons (Fsp3) is 0.636. The Hall–Kier alpha value is 0.0900. The summed E-state index contributed by atoms with van der Waals surface area (Å²) in [6, 6.07) is 3.46. The molecule has 0 bridgehead atoms. The molecule has 3 nitrogen and oxygen atoms in total. The van der Waals surface area contributed by atoms with Crippen molar-refractivity contribution in [1.29, 1.82) is 0 Å². The second-order valence-corrected chi connectivity index (χ2v) is 9.79. The summed E-state index contributed by atoms with van der Waals surface area (Å²) in [6.45, 7) is 5.50. The van der Waals surface area contributed by atoms with E-state index in [9.17, 15) is 8.42 Å². The third kappa shape index (κ3) is 2.92. The summed E-state index contributed by atoms with van der Waals surface area (Å²) in [6.07, 6.45) is 2.03. The minimum Gasteiger partial charge on any atom is -0.206 e. The molecule has 0 atom stereocenters. The molecule has 2 rings (SSSR count). The van der Waals surface area contributed by atoms with Crippen LogP contribution in [-0.2, 0) is 10.0 Å². The lowest BCUT2D eigenvalue weighted by molar-refractivity contribution is 0.187. The van der Waals surface area contributed by atoms with Crippen molar-refractivity contribution < 1.29 is 8.42 Å². The summed E-state index contributed by atoms with van der Waals surface area (Å²) in [5, 5.41) is 0. The van der Waals surface area contributed by atoms with Crippen LogP contribution in [0.25, 0.3) is 0 Å². The van der Waals surface area contributed by atoms with Gasteiger partial charge in [0.1, 0.15) is 4.21 Å². The summed E-state index contributed by atoms with van der Waals surface area (Å²) in [4.78, 5) is 0. The number of rotatable bonds is 2. The first-order valence-electron chi connectivity index (χ1n) is 5.57. The predicted molar refractivity (Wildman–Crippen MR) is 73.8 cm³/mol. The Bertz CT molecular complexity index is 507. The second-order valence-electron chi connectivity index (χ2n) is 5.16. The molecular weight excluding hydrogens is 322 g/mol. The standard InChI is InChI=1S/C11H16BrNO2S2/c1-11(2)6-3-7-13(8-11)17(14,15)10-5-4-9(12)16-10/h4-5H,3,6-8H2,1-2H3. The molecule has 0 radical (unpaired) electrons. The quantitative estimate of drug-likeness (QED) is 0.830. The molecule has 6 heteroatoms. The van der Waals surface area contributed by atoms with Crippen LogP contribution in [0.1, 0.15) is 26.7 Å². The van der Waals surface area contributed by atoms with Crippen molar-refractivity contribution in [3.63, 3.8) is 0 Å². The van der Waals surface area contributed by atoms with Gasteiger partial charge in [0.2, 0.25) is 0 Å². The second kappa shape index (κ2) is 4.64. The number of thiophene rings is 1. The van der Waals surface area contributed by atoms with Crippen LogP contribution in [0.5, 0.6) is 0 Å². The molecule has 0 unspecified atom stereocenters. The number of halogens is 1. The molecule has 2 heterocycles. The molecule has 1 aliphatic rings. The van der Waals surface area contributed by atoms with Crippen LogP contribution in [0.3, 0.4) is 0 Å². The fourth-order valence-electron chi connectivity index (χ4n) is 2.14. The molecule has 1 aliphatic heterocycles. The molecule has 17 heavy (non-hydrogen) atoms. The van der Waals surface area contributed by atoms with Gasteiger partial charge in [0, 0.05) is 13.1 Å². The number of sulfonamides is 1. The number of piperidine rings is 1. The lowest BCUT2D eigenvalue weighted by Crippen LogP contribution is -2.43. The lowest BCUT2D eigenvalue weighted by Gasteiger charge is -2.36. The van der Waals surface area contributed by atoms with E-state index in [4.69, 9.17) is 0 Å². The van der Waals surface area contributed by atoms with E-state index in [1.807, 2.05) is 0 Å². The first-order chi connectivity index (χ1) is 7.81. The van der Waals surface area contributed by atoms with Gasteiger partial charge in [0.15, 0.2) is 0 Å². The van der Waals surface area contributed by atoms with Gasteiger partial charge < -0.3 is 0 Å². The van der Waals surface area contributed by atoms with Crippen molar-refractivity contribution >= 4 is 37.3 Å². The molecule has 0 aromatic carbocycles. The van der Waals surface area contributed by atoms with Crippen LogP contribution in [0, 0.1) is 5.41 Å². The molecule has 1 aromatic heterocycles. The van der Waals surface area contributed by atoms with Gasteiger partial charge in [-0.3, -0.25) is 0 Å². The van der Waals surface area contributed by atoms with E-state index in [2.05, 4.69) is 29.8 Å². The third-order valence-electron chi connectivity index (χ3n) is 3.01. The minimum absolute atomic E-state index is 0.0831. The fourth-order valence-corrected chi connectivity index (χ4v) is 5.97. The summed E-state index contributed by atoms with van der Waals surface area (Å²) < 4.78 is 27.7. The average molecular weight is 338 g/mol. The molecule has 0 amide bonds. The Morgan fingerprint density at radius 1 is 1.41 bits per heavy atom. The normalized spacial score (nSPS) is 21.6. The molecule has 0 spiro atoms. The molecule has 1 fully saturated rings. The zero-order valence-electron chi connectivity index (χ0n) is 9.94. The van der Waals surface area contributed by atoms with E-state index in [0.29, 0.717) is 17.3 Å². The SMILES string of the molecule is CC1(C)CCCN(S(=O)(=O)c2ccc(Br)s2)C1. The van der Waals surface area contributed by atoms with Gasteiger partial charge in [-0.1, -0.05) is 13.8 Å². The maximum atomic E-state index is 12.4. The number of hydrogen-bond donors (Lipinski definition) is 0. The van der Waals surface area contributed by atoms with Gasteiger partial charge in [-0.15, -0.1) is 11.3 Å². The van der Waals surface area contributed by atoms with E-state index in [0.717, 1.165) is 16.6 Å². The van der Waals surface area contributed by atoms with Gasteiger partial charge in [0.05, 0.1) is 3.79 Å². The Morgan fingerprint density at radius 2 is 2.12 bits per heavy atom. The number of nitrogens with zero attached hydrogens (tertiary/aromatic N) is 1. The Balaban J connectivity index is 2.27. The summed E-state index contributed by atoms with van der Waals surface area (Å²) in [5.41, 5.74) is 0.0831. The molecule has 0 saturated carbocycles. The van der Waals surface area contributed by atoms with Crippen LogP contribution in [-0.4, -0.2) is 25.8 Å². The zero-order valence-corrected chi connectivity index (χ0v) is 13.2. The van der Waals surface area contributed by atoms with E-state index in [1.165, 1.54) is 11.3 Å². The largest absolute Gasteiger partial charge is 0.252 e. The highest BCUT2D eigenvalue weighted by molar-refractivity contribution is 9.11. The Labute approximate surface area is 115 Å². The zero-order chi connectivity index (χ0) is 12.7. The predicted octanol–water partition coefficient (Wildman–Crippen LogP) is 3.32. The van der Waals surface area contributed by atoms with Gasteiger partial charge in [0.25, 0.3) is 10.0 Å². The van der Waals surface area contributed by atoms with Crippen molar-refractivity contribution in [2.45, 2.75) is 30.9 Å². The van der Waals surface area contributed by atoms with Crippen LogP contribution in [0.4, 0.5) is 0 Å². The molecule has 1 saturated heterocycles. The van der Waals surface area contributed by atoms with Gasteiger partial charge >= 0.3 is 0 Å². The third-order valence-corrected chi connectivity index (χ3v) is 6.94. The van der Waals surface area contributed by atoms with Gasteiger partial charge in [-0.2, -0.15) is 4.31 Å². The minimum atomic E-state index is -3.29. The molecule has 0 aliphatic carbocycles. The van der Waals surface area contributed by atoms with E-state index in [-0.39, 0.29) is 5.41 Å². The molecule has 1 aromatic rings. The highest BCUT2D eigenvalue weighted by Crippen LogP contribution is 2.34. The summed E-state index contributed by atoms with van der Waals surface area (Å²) in [5.74, 6) is 0. The van der Waals surface area contributed by atoms with Crippen LogP contribution < -0.4 is 0 Å². The van der Waals surface area contributed by atoms with Crippen molar-refractivity contribution in [2.75, 3.05) is 13.1 Å². The van der Waals surface area contributed by atoms with Crippen LogP contribution in [0.2, 0.25) is 0 Å². The lowest BCUT2D eigenvalue weighted by atomic mass is 9.85. The first-order valence-corrected chi connectivity index (χ1v) is 8.62.